The summed E-state index contributed by atoms with van der Waals surface area (Å²) in [4.78, 5) is 0. The lowest BCUT2D eigenvalue weighted by atomic mass is 10.2. The maximum Gasteiger partial charge on any atom is 0.214 e. The molecule has 1 unspecified atom stereocenters. The summed E-state index contributed by atoms with van der Waals surface area (Å²) in [5.74, 6) is 0. The maximum absolute atomic E-state index is 8.32. The van der Waals surface area contributed by atoms with E-state index in [9.17, 15) is 0 Å². The van der Waals surface area contributed by atoms with Crippen LogP contribution in [0, 0.1) is 0 Å². The van der Waals surface area contributed by atoms with E-state index in [1.54, 1.807) is 0 Å². The SMILES string of the molecule is CC(C)(C)[Si]([Si](Br)[Si](Cl)(Br)[Si](C(C)(C)C)(C(C)(C)C)C(C)(C)C)(C(C)(C)C)C(C)(C)C. The molecule has 7 heteroatoms. The zero-order chi connectivity index (χ0) is 26.1. The standard InChI is InChI=1S/C24H54Br2ClSi4/c1-19(2,3)29(20(4,5)6,21(7,8)9)28(25)31(26,27)30(22(10,11)12,23(13,14)15)24(16,17)18/h1-18H3. The van der Waals surface area contributed by atoms with Crippen LogP contribution in [0.1, 0.15) is 125 Å². The lowest BCUT2D eigenvalue weighted by molar-refractivity contribution is 0.552. The average Bonchev–Trinajstić information content (AvgIpc) is 2.26. The quantitative estimate of drug-likeness (QED) is 0.211. The van der Waals surface area contributed by atoms with E-state index < -0.39 is 26.7 Å². The fraction of sp³-hybridized carbons (Fsp3) is 1.00. The van der Waals surface area contributed by atoms with Gasteiger partial charge in [0.25, 0.3) is 0 Å². The van der Waals surface area contributed by atoms with Gasteiger partial charge in [-0.05, 0) is 30.2 Å². The average molecular weight is 650 g/mol. The summed E-state index contributed by atoms with van der Waals surface area (Å²) in [5, 5.41) is -1.22. The lowest BCUT2D eigenvalue weighted by Crippen LogP contribution is -2.83. The fourth-order valence-electron chi connectivity index (χ4n) is 9.55. The zero-order valence-electron chi connectivity index (χ0n) is 24.1. The van der Waals surface area contributed by atoms with Crippen molar-refractivity contribution in [1.82, 2.24) is 0 Å². The van der Waals surface area contributed by atoms with Gasteiger partial charge in [0.2, 0.25) is 5.04 Å². The molecular weight excluding hydrogens is 596 g/mol. The summed E-state index contributed by atoms with van der Waals surface area (Å²) >= 11 is 17.5. The van der Waals surface area contributed by atoms with Gasteiger partial charge in [-0.3, -0.25) is 0 Å². The van der Waals surface area contributed by atoms with E-state index in [2.05, 4.69) is 155 Å². The number of halogens is 3. The molecular formula is C24H54Br2ClSi4. The van der Waals surface area contributed by atoms with Crippen molar-refractivity contribution in [3.8, 4) is 0 Å². The van der Waals surface area contributed by atoms with Gasteiger partial charge >= 0.3 is 0 Å². The monoisotopic (exact) mass is 647 g/mol. The van der Waals surface area contributed by atoms with Gasteiger partial charge in [-0.25, -0.2) is 0 Å². The van der Waals surface area contributed by atoms with Crippen LogP contribution in [0.4, 0.5) is 0 Å². The molecule has 0 saturated heterocycles. The molecule has 0 heterocycles. The number of hydrogen-bond acceptors (Lipinski definition) is 0. The van der Waals surface area contributed by atoms with Crippen molar-refractivity contribution in [1.29, 1.82) is 0 Å². The first-order chi connectivity index (χ1) is 12.9. The van der Waals surface area contributed by atoms with Crippen LogP contribution in [-0.2, 0) is 0 Å². The molecule has 0 bridgehead atoms. The first-order valence-corrected chi connectivity index (χ1v) is 27.8. The molecule has 0 aromatic rings. The van der Waals surface area contributed by atoms with Crippen molar-refractivity contribution in [2.24, 2.45) is 0 Å². The van der Waals surface area contributed by atoms with E-state index in [1.807, 2.05) is 0 Å². The van der Waals surface area contributed by atoms with Gasteiger partial charge in [0, 0.05) is 0 Å². The second-order valence-electron chi connectivity index (χ2n) is 15.9. The highest BCUT2D eigenvalue weighted by Gasteiger charge is 2.78. The Morgan fingerprint density at radius 3 is 0.806 bits per heavy atom. The zero-order valence-corrected chi connectivity index (χ0v) is 32.1. The van der Waals surface area contributed by atoms with Crippen LogP contribution in [-0.4, -0.2) is 26.7 Å². The predicted molar refractivity (Wildman–Crippen MR) is 165 cm³/mol. The summed E-state index contributed by atoms with van der Waals surface area (Å²) in [6, 6.07) is 0. The van der Waals surface area contributed by atoms with Crippen LogP contribution in [0.3, 0.4) is 0 Å². The normalized spacial score (nSPS) is 18.4. The first kappa shape index (κ1) is 33.1. The molecule has 0 aliphatic heterocycles. The molecule has 1 radical (unpaired) electrons. The first-order valence-electron chi connectivity index (χ1n) is 11.8. The number of hydrogen-bond donors (Lipinski definition) is 0. The molecule has 0 aliphatic carbocycles. The molecule has 0 rings (SSSR count). The Hall–Kier alpha value is 2.12. The Bertz CT molecular complexity index is 561. The molecule has 0 amide bonds. The van der Waals surface area contributed by atoms with E-state index in [-0.39, 0.29) is 30.2 Å². The van der Waals surface area contributed by atoms with Crippen molar-refractivity contribution in [3.63, 3.8) is 0 Å². The Labute approximate surface area is 221 Å². The van der Waals surface area contributed by atoms with Crippen molar-refractivity contribution in [2.75, 3.05) is 0 Å². The molecule has 187 valence electrons. The highest BCUT2D eigenvalue weighted by Crippen LogP contribution is 2.72. The molecule has 0 N–H and O–H groups in total. The third kappa shape index (κ3) is 4.90. The topological polar surface area (TPSA) is 0 Å². The van der Waals surface area contributed by atoms with Crippen LogP contribution in [0.25, 0.3) is 0 Å². The third-order valence-electron chi connectivity index (χ3n) is 7.83. The minimum Gasteiger partial charge on any atom is -0.159 e. The van der Waals surface area contributed by atoms with Gasteiger partial charge in [0.15, 0.2) is 0 Å². The van der Waals surface area contributed by atoms with Gasteiger partial charge in [0.05, 0.1) is 15.2 Å². The summed E-state index contributed by atoms with van der Waals surface area (Å²) < 4.78 is 0. The van der Waals surface area contributed by atoms with E-state index >= 15 is 0 Å². The maximum atomic E-state index is 8.32. The summed E-state index contributed by atoms with van der Waals surface area (Å²) in [6.45, 7) is 44.0. The smallest absolute Gasteiger partial charge is 0.159 e. The van der Waals surface area contributed by atoms with Gasteiger partial charge in [-0.15, -0.1) is 30.6 Å². The Morgan fingerprint density at radius 1 is 0.484 bits per heavy atom. The van der Waals surface area contributed by atoms with Crippen molar-refractivity contribution in [2.45, 2.75) is 155 Å². The largest absolute Gasteiger partial charge is 0.214 e. The van der Waals surface area contributed by atoms with Gasteiger partial charge < -0.3 is 0 Å². The van der Waals surface area contributed by atoms with Gasteiger partial charge in [-0.2, -0.15) is 11.1 Å². The Morgan fingerprint density at radius 2 is 0.677 bits per heavy atom. The van der Waals surface area contributed by atoms with Crippen LogP contribution >= 0.6 is 41.7 Å². The Balaban J connectivity index is 7.89. The lowest BCUT2D eigenvalue weighted by Gasteiger charge is -2.69. The minimum absolute atomic E-state index is 0.179. The van der Waals surface area contributed by atoms with E-state index in [4.69, 9.17) is 11.1 Å². The van der Waals surface area contributed by atoms with E-state index in [1.165, 1.54) is 0 Å². The third-order valence-corrected chi connectivity index (χ3v) is 96.8. The molecule has 0 aliphatic rings. The van der Waals surface area contributed by atoms with Crippen LogP contribution in [0.15, 0.2) is 0 Å². The van der Waals surface area contributed by atoms with Crippen molar-refractivity contribution >= 4 is 68.3 Å². The summed E-state index contributed by atoms with van der Waals surface area (Å²) in [7, 11) is -4.23. The highest BCUT2D eigenvalue weighted by molar-refractivity contribution is 9.39. The second-order valence-corrected chi connectivity index (χ2v) is 64.4. The number of rotatable bonds is 3. The van der Waals surface area contributed by atoms with Gasteiger partial charge in [-0.1, -0.05) is 125 Å². The molecule has 0 fully saturated rings. The molecule has 0 spiro atoms. The summed E-state index contributed by atoms with van der Waals surface area (Å²) in [6.07, 6.45) is 0. The molecule has 31 heavy (non-hydrogen) atoms. The molecule has 0 aromatic heterocycles. The highest BCUT2D eigenvalue weighted by atomic mass is 79.9. The van der Waals surface area contributed by atoms with Gasteiger partial charge in [0.1, 0.15) is 6.45 Å². The minimum atomic E-state index is -2.45. The fourth-order valence-corrected chi connectivity index (χ4v) is 143. The van der Waals surface area contributed by atoms with E-state index in [0.29, 0.717) is 0 Å². The molecule has 1 atom stereocenters. The Kier molecular flexibility index (Phi) is 9.51. The van der Waals surface area contributed by atoms with E-state index in [0.717, 1.165) is 0 Å². The predicted octanol–water partition coefficient (Wildman–Crippen LogP) is 11.4. The van der Waals surface area contributed by atoms with Crippen LogP contribution in [0.5, 0.6) is 0 Å². The van der Waals surface area contributed by atoms with Crippen LogP contribution in [0.2, 0.25) is 30.2 Å². The van der Waals surface area contributed by atoms with Crippen molar-refractivity contribution < 1.29 is 0 Å². The van der Waals surface area contributed by atoms with Crippen molar-refractivity contribution in [3.05, 3.63) is 0 Å². The molecule has 0 nitrogen and oxygen atoms in total. The molecule has 0 saturated carbocycles. The summed E-state index contributed by atoms with van der Waals surface area (Å²) in [5.41, 5.74) is 0. The van der Waals surface area contributed by atoms with Crippen LogP contribution < -0.4 is 0 Å². The molecule has 0 aromatic carbocycles. The second kappa shape index (κ2) is 8.90.